The van der Waals surface area contributed by atoms with Crippen LogP contribution in [-0.2, 0) is 6.54 Å². The zero-order valence-electron chi connectivity index (χ0n) is 14.6. The normalized spacial score (nSPS) is 16.6. The molecule has 2 heterocycles. The van der Waals surface area contributed by atoms with Crippen LogP contribution in [0.2, 0.25) is 0 Å². The number of aryl methyl sites for hydroxylation is 2. The molecular formula is C22H22N2O. The predicted molar refractivity (Wildman–Crippen MR) is 99.7 cm³/mol. The topological polar surface area (TPSA) is 25.2 Å². The van der Waals surface area contributed by atoms with Crippen molar-refractivity contribution < 1.29 is 4.79 Å². The molecule has 3 aromatic rings. The summed E-state index contributed by atoms with van der Waals surface area (Å²) in [5.74, 6) is 0.108. The van der Waals surface area contributed by atoms with Crippen LogP contribution in [0.4, 0.5) is 0 Å². The van der Waals surface area contributed by atoms with Crippen LogP contribution in [-0.4, -0.2) is 21.9 Å². The van der Waals surface area contributed by atoms with E-state index < -0.39 is 0 Å². The molecule has 1 atom stereocenters. The van der Waals surface area contributed by atoms with E-state index in [1.807, 2.05) is 36.1 Å². The second kappa shape index (κ2) is 6.25. The molecule has 0 saturated heterocycles. The smallest absolute Gasteiger partial charge is 0.255 e. The van der Waals surface area contributed by atoms with Gasteiger partial charge in [-0.3, -0.25) is 4.79 Å². The third kappa shape index (κ3) is 2.76. The van der Waals surface area contributed by atoms with E-state index in [1.165, 1.54) is 16.8 Å². The molecule has 0 aliphatic carbocycles. The zero-order chi connectivity index (χ0) is 17.4. The number of hydrogen-bond acceptors (Lipinski definition) is 1. The molecule has 1 unspecified atom stereocenters. The molecule has 25 heavy (non-hydrogen) atoms. The SMILES string of the molecule is Cc1cccc(C2c3cccn3CCN2C(=O)c2ccccc2C)c1. The summed E-state index contributed by atoms with van der Waals surface area (Å²) in [6.07, 6.45) is 2.10. The number of aromatic nitrogens is 1. The number of nitrogens with zero attached hydrogens (tertiary/aromatic N) is 2. The van der Waals surface area contributed by atoms with Gasteiger partial charge in [-0.25, -0.2) is 0 Å². The van der Waals surface area contributed by atoms with Gasteiger partial charge in [-0.15, -0.1) is 0 Å². The van der Waals surface area contributed by atoms with Gasteiger partial charge in [0.2, 0.25) is 0 Å². The highest BCUT2D eigenvalue weighted by molar-refractivity contribution is 5.96. The van der Waals surface area contributed by atoms with E-state index in [2.05, 4.69) is 54.1 Å². The first-order chi connectivity index (χ1) is 12.1. The number of carbonyl (C=O) groups is 1. The van der Waals surface area contributed by atoms with Crippen LogP contribution >= 0.6 is 0 Å². The fraction of sp³-hybridized carbons (Fsp3) is 0.227. The van der Waals surface area contributed by atoms with Gasteiger partial charge in [-0.05, 0) is 43.2 Å². The number of amides is 1. The van der Waals surface area contributed by atoms with E-state index in [0.717, 1.165) is 17.7 Å². The monoisotopic (exact) mass is 330 g/mol. The minimum absolute atomic E-state index is 0.0456. The second-order valence-electron chi connectivity index (χ2n) is 6.76. The predicted octanol–water partition coefficient (Wildman–Crippen LogP) is 4.35. The molecule has 1 aliphatic heterocycles. The number of benzene rings is 2. The summed E-state index contributed by atoms with van der Waals surface area (Å²) >= 11 is 0. The van der Waals surface area contributed by atoms with E-state index in [9.17, 15) is 4.79 Å². The molecule has 0 bridgehead atoms. The Morgan fingerprint density at radius 1 is 0.960 bits per heavy atom. The van der Waals surface area contributed by atoms with Crippen LogP contribution in [0, 0.1) is 13.8 Å². The van der Waals surface area contributed by atoms with Crippen LogP contribution in [0.1, 0.15) is 38.8 Å². The van der Waals surface area contributed by atoms with Crippen molar-refractivity contribution in [2.75, 3.05) is 6.54 Å². The van der Waals surface area contributed by atoms with E-state index >= 15 is 0 Å². The number of carbonyl (C=O) groups excluding carboxylic acids is 1. The third-order valence-electron chi connectivity index (χ3n) is 5.03. The lowest BCUT2D eigenvalue weighted by Gasteiger charge is -2.37. The fourth-order valence-electron chi connectivity index (χ4n) is 3.76. The Bertz CT molecular complexity index is 925. The largest absolute Gasteiger partial charge is 0.348 e. The second-order valence-corrected chi connectivity index (χ2v) is 6.76. The van der Waals surface area contributed by atoms with Crippen molar-refractivity contribution in [3.05, 3.63) is 94.8 Å². The standard InChI is InChI=1S/C22H22N2O/c1-16-7-5-9-18(15-16)21-20-11-6-12-23(20)13-14-24(21)22(25)19-10-4-3-8-17(19)2/h3-12,15,21H,13-14H2,1-2H3. The van der Waals surface area contributed by atoms with Crippen LogP contribution in [0.25, 0.3) is 0 Å². The molecule has 4 rings (SSSR count). The quantitative estimate of drug-likeness (QED) is 0.686. The summed E-state index contributed by atoms with van der Waals surface area (Å²) in [6.45, 7) is 5.65. The molecule has 3 heteroatoms. The fourth-order valence-corrected chi connectivity index (χ4v) is 3.76. The average molecular weight is 330 g/mol. The minimum atomic E-state index is -0.0456. The van der Waals surface area contributed by atoms with Crippen LogP contribution in [0.15, 0.2) is 66.9 Å². The summed E-state index contributed by atoms with van der Waals surface area (Å²) in [6, 6.07) is 20.5. The molecule has 0 N–H and O–H groups in total. The third-order valence-corrected chi connectivity index (χ3v) is 5.03. The average Bonchev–Trinajstić information content (AvgIpc) is 3.09. The van der Waals surface area contributed by atoms with E-state index in [-0.39, 0.29) is 11.9 Å². The first kappa shape index (κ1) is 15.7. The lowest BCUT2D eigenvalue weighted by Crippen LogP contribution is -2.42. The van der Waals surface area contributed by atoms with Gasteiger partial charge in [-0.2, -0.15) is 0 Å². The molecule has 1 amide bonds. The molecule has 0 fully saturated rings. The molecule has 0 spiro atoms. The first-order valence-corrected chi connectivity index (χ1v) is 8.73. The molecule has 0 radical (unpaired) electrons. The van der Waals surface area contributed by atoms with Gasteiger partial charge in [-0.1, -0.05) is 48.0 Å². The van der Waals surface area contributed by atoms with E-state index in [1.54, 1.807) is 0 Å². The summed E-state index contributed by atoms with van der Waals surface area (Å²) in [5, 5.41) is 0. The van der Waals surface area contributed by atoms with Crippen molar-refractivity contribution in [1.29, 1.82) is 0 Å². The summed E-state index contributed by atoms with van der Waals surface area (Å²) in [7, 11) is 0. The Morgan fingerprint density at radius 2 is 1.80 bits per heavy atom. The minimum Gasteiger partial charge on any atom is -0.348 e. The summed E-state index contributed by atoms with van der Waals surface area (Å²) in [5.41, 5.74) is 5.38. The Kier molecular flexibility index (Phi) is 3.92. The molecule has 2 aromatic carbocycles. The summed E-state index contributed by atoms with van der Waals surface area (Å²) in [4.78, 5) is 15.4. The van der Waals surface area contributed by atoms with Gasteiger partial charge in [0.25, 0.3) is 5.91 Å². The van der Waals surface area contributed by atoms with Gasteiger partial charge in [0, 0.05) is 30.5 Å². The van der Waals surface area contributed by atoms with Gasteiger partial charge in [0.1, 0.15) is 0 Å². The maximum absolute atomic E-state index is 13.3. The van der Waals surface area contributed by atoms with Crippen molar-refractivity contribution >= 4 is 5.91 Å². The van der Waals surface area contributed by atoms with Gasteiger partial charge < -0.3 is 9.47 Å². The number of fused-ring (bicyclic) bond motifs is 1. The summed E-state index contributed by atoms with van der Waals surface area (Å²) < 4.78 is 2.26. The van der Waals surface area contributed by atoms with Crippen molar-refractivity contribution in [1.82, 2.24) is 9.47 Å². The van der Waals surface area contributed by atoms with Gasteiger partial charge >= 0.3 is 0 Å². The Morgan fingerprint density at radius 3 is 2.60 bits per heavy atom. The highest BCUT2D eigenvalue weighted by atomic mass is 16.2. The molecule has 0 saturated carbocycles. The Balaban J connectivity index is 1.81. The van der Waals surface area contributed by atoms with Crippen LogP contribution in [0.5, 0.6) is 0 Å². The molecular weight excluding hydrogens is 308 g/mol. The van der Waals surface area contributed by atoms with Crippen molar-refractivity contribution in [3.8, 4) is 0 Å². The van der Waals surface area contributed by atoms with Crippen molar-refractivity contribution in [2.45, 2.75) is 26.4 Å². The maximum atomic E-state index is 13.3. The molecule has 3 nitrogen and oxygen atoms in total. The molecule has 1 aliphatic rings. The van der Waals surface area contributed by atoms with Gasteiger partial charge in [0.05, 0.1) is 6.04 Å². The molecule has 126 valence electrons. The van der Waals surface area contributed by atoms with Crippen LogP contribution < -0.4 is 0 Å². The van der Waals surface area contributed by atoms with E-state index in [4.69, 9.17) is 0 Å². The van der Waals surface area contributed by atoms with Crippen LogP contribution in [0.3, 0.4) is 0 Å². The highest BCUT2D eigenvalue weighted by Crippen LogP contribution is 2.34. The lowest BCUT2D eigenvalue weighted by molar-refractivity contribution is 0.0663. The molecule has 1 aromatic heterocycles. The maximum Gasteiger partial charge on any atom is 0.255 e. The van der Waals surface area contributed by atoms with E-state index in [0.29, 0.717) is 6.54 Å². The lowest BCUT2D eigenvalue weighted by atomic mass is 9.97. The number of rotatable bonds is 2. The van der Waals surface area contributed by atoms with Crippen molar-refractivity contribution in [3.63, 3.8) is 0 Å². The van der Waals surface area contributed by atoms with Gasteiger partial charge in [0.15, 0.2) is 0 Å². The van der Waals surface area contributed by atoms with Crippen molar-refractivity contribution in [2.24, 2.45) is 0 Å². The number of hydrogen-bond donors (Lipinski definition) is 0. The first-order valence-electron chi connectivity index (χ1n) is 8.73. The zero-order valence-corrected chi connectivity index (χ0v) is 14.6. The highest BCUT2D eigenvalue weighted by Gasteiger charge is 2.33. The Hall–Kier alpha value is -2.81. The Labute approximate surface area is 148 Å².